The molecule has 0 saturated heterocycles. The number of nitrogens with one attached hydrogen (secondary N) is 1. The quantitative estimate of drug-likeness (QED) is 0.878. The van der Waals surface area contributed by atoms with Crippen LogP contribution in [0, 0.1) is 23.5 Å². The molecule has 2 N–H and O–H groups in total. The van der Waals surface area contributed by atoms with Gasteiger partial charge in [0.2, 0.25) is 5.91 Å². The summed E-state index contributed by atoms with van der Waals surface area (Å²) >= 11 is 0. The lowest BCUT2D eigenvalue weighted by Crippen LogP contribution is -2.54. The molecule has 4 nitrogen and oxygen atoms in total. The van der Waals surface area contributed by atoms with Crippen LogP contribution in [0.4, 0.5) is 8.78 Å². The number of rotatable bonds is 5. The Morgan fingerprint density at radius 3 is 2.36 bits per heavy atom. The molecule has 6 heteroatoms. The number of hydrogen-bond acceptors (Lipinski definition) is 2. The fourth-order valence-electron chi connectivity index (χ4n) is 3.01. The lowest BCUT2D eigenvalue weighted by Gasteiger charge is -2.26. The molecule has 0 spiro atoms. The van der Waals surface area contributed by atoms with E-state index in [1.54, 1.807) is 0 Å². The lowest BCUT2D eigenvalue weighted by atomic mass is 9.95. The van der Waals surface area contributed by atoms with Crippen molar-refractivity contribution in [3.63, 3.8) is 0 Å². The Bertz CT molecular complexity index is 624. The summed E-state index contributed by atoms with van der Waals surface area (Å²) in [5, 5.41) is 11.9. The van der Waals surface area contributed by atoms with Crippen molar-refractivity contribution in [2.45, 2.75) is 37.6 Å². The van der Waals surface area contributed by atoms with E-state index in [1.165, 1.54) is 13.0 Å². The maximum atomic E-state index is 13.7. The molecule has 0 radical (unpaired) electrons. The zero-order valence-corrected chi connectivity index (χ0v) is 12.1. The molecule has 1 aromatic rings. The first-order valence-corrected chi connectivity index (χ1v) is 7.34. The second-order valence-corrected chi connectivity index (χ2v) is 6.36. The number of benzene rings is 1. The monoisotopic (exact) mass is 309 g/mol. The predicted octanol–water partition coefficient (Wildman–Crippen LogP) is 2.44. The SMILES string of the molecule is C[C@](NC(=O)[C@H]1C[C@H]1c1c(F)cccc1F)(C(=O)O)C1CC1. The molecule has 0 unspecified atom stereocenters. The van der Waals surface area contributed by atoms with Crippen molar-refractivity contribution in [1.82, 2.24) is 5.32 Å². The molecule has 3 rings (SSSR count). The summed E-state index contributed by atoms with van der Waals surface area (Å²) in [4.78, 5) is 23.7. The molecule has 1 aromatic carbocycles. The number of carbonyl (C=O) groups excluding carboxylic acids is 1. The summed E-state index contributed by atoms with van der Waals surface area (Å²) in [7, 11) is 0. The van der Waals surface area contributed by atoms with Crippen molar-refractivity contribution in [1.29, 1.82) is 0 Å². The second kappa shape index (κ2) is 5.04. The molecule has 2 aliphatic carbocycles. The molecule has 2 saturated carbocycles. The normalized spacial score (nSPS) is 26.1. The lowest BCUT2D eigenvalue weighted by molar-refractivity contribution is -0.148. The van der Waals surface area contributed by atoms with Crippen LogP contribution in [0.5, 0.6) is 0 Å². The van der Waals surface area contributed by atoms with Crippen LogP contribution in [0.1, 0.15) is 37.7 Å². The molecule has 0 aromatic heterocycles. The van der Waals surface area contributed by atoms with E-state index in [-0.39, 0.29) is 11.5 Å². The average molecular weight is 309 g/mol. The van der Waals surface area contributed by atoms with Crippen molar-refractivity contribution in [2.24, 2.45) is 11.8 Å². The van der Waals surface area contributed by atoms with E-state index < -0.39 is 40.9 Å². The molecule has 0 aliphatic heterocycles. The number of carboxylic acids is 1. The largest absolute Gasteiger partial charge is 0.480 e. The summed E-state index contributed by atoms with van der Waals surface area (Å²) in [6.07, 6.45) is 1.86. The number of hydrogen-bond donors (Lipinski definition) is 2. The van der Waals surface area contributed by atoms with Gasteiger partial charge in [-0.1, -0.05) is 6.07 Å². The van der Waals surface area contributed by atoms with Gasteiger partial charge >= 0.3 is 5.97 Å². The van der Waals surface area contributed by atoms with Crippen LogP contribution in [-0.2, 0) is 9.59 Å². The highest BCUT2D eigenvalue weighted by atomic mass is 19.1. The molecule has 1 amide bonds. The standard InChI is InChI=1S/C16H17F2NO3/c1-16(15(21)22,8-5-6-8)19-14(20)10-7-9(10)13-11(17)3-2-4-12(13)18/h2-4,8-10H,5-7H2,1H3,(H,19,20)(H,21,22)/t9-,10+,16-/m1/s1. The molecule has 0 heterocycles. The molecule has 22 heavy (non-hydrogen) atoms. The van der Waals surface area contributed by atoms with E-state index in [1.807, 2.05) is 0 Å². The van der Waals surface area contributed by atoms with Crippen LogP contribution >= 0.6 is 0 Å². The van der Waals surface area contributed by atoms with Crippen LogP contribution in [-0.4, -0.2) is 22.5 Å². The van der Waals surface area contributed by atoms with E-state index in [9.17, 15) is 23.5 Å². The van der Waals surface area contributed by atoms with Crippen LogP contribution in [0.2, 0.25) is 0 Å². The van der Waals surface area contributed by atoms with Crippen molar-refractivity contribution in [2.75, 3.05) is 0 Å². The summed E-state index contributed by atoms with van der Waals surface area (Å²) in [6, 6.07) is 3.61. The molecule has 118 valence electrons. The fourth-order valence-corrected chi connectivity index (χ4v) is 3.01. The molecule has 3 atom stereocenters. The minimum atomic E-state index is -1.29. The predicted molar refractivity (Wildman–Crippen MR) is 74.1 cm³/mol. The van der Waals surface area contributed by atoms with E-state index >= 15 is 0 Å². The van der Waals surface area contributed by atoms with Gasteiger partial charge in [-0.25, -0.2) is 13.6 Å². The Morgan fingerprint density at radius 1 is 1.27 bits per heavy atom. The Labute approximate surface area is 126 Å². The summed E-state index contributed by atoms with van der Waals surface area (Å²) < 4.78 is 27.4. The van der Waals surface area contributed by atoms with Gasteiger partial charge < -0.3 is 10.4 Å². The first-order chi connectivity index (χ1) is 10.3. The molecular formula is C16H17F2NO3. The number of carbonyl (C=O) groups is 2. The van der Waals surface area contributed by atoms with Crippen LogP contribution in [0.15, 0.2) is 18.2 Å². The highest BCUT2D eigenvalue weighted by Gasteiger charge is 2.53. The minimum Gasteiger partial charge on any atom is -0.480 e. The summed E-state index contributed by atoms with van der Waals surface area (Å²) in [5.74, 6) is -3.99. The van der Waals surface area contributed by atoms with E-state index in [0.717, 1.165) is 25.0 Å². The molecular weight excluding hydrogens is 292 g/mol. The minimum absolute atomic E-state index is 0.0728. The molecule has 2 fully saturated rings. The van der Waals surface area contributed by atoms with Gasteiger partial charge in [0.1, 0.15) is 17.2 Å². The first-order valence-electron chi connectivity index (χ1n) is 7.34. The van der Waals surface area contributed by atoms with Gasteiger partial charge in [-0.3, -0.25) is 4.79 Å². The van der Waals surface area contributed by atoms with Gasteiger partial charge in [-0.2, -0.15) is 0 Å². The van der Waals surface area contributed by atoms with Gasteiger partial charge in [-0.05, 0) is 44.2 Å². The maximum Gasteiger partial charge on any atom is 0.329 e. The van der Waals surface area contributed by atoms with Gasteiger partial charge in [0, 0.05) is 17.4 Å². The van der Waals surface area contributed by atoms with E-state index in [2.05, 4.69) is 5.32 Å². The number of carboxylic acid groups (broad SMARTS) is 1. The third-order valence-electron chi connectivity index (χ3n) is 4.72. The van der Waals surface area contributed by atoms with Crippen molar-refractivity contribution < 1.29 is 23.5 Å². The molecule has 2 aliphatic rings. The van der Waals surface area contributed by atoms with Gasteiger partial charge in [0.15, 0.2) is 0 Å². The van der Waals surface area contributed by atoms with Crippen LogP contribution in [0.3, 0.4) is 0 Å². The van der Waals surface area contributed by atoms with Gasteiger partial charge in [0.25, 0.3) is 0 Å². The Balaban J connectivity index is 1.72. The third kappa shape index (κ3) is 2.46. The van der Waals surface area contributed by atoms with E-state index in [0.29, 0.717) is 6.42 Å². The van der Waals surface area contributed by atoms with Gasteiger partial charge in [0.05, 0.1) is 0 Å². The van der Waals surface area contributed by atoms with E-state index in [4.69, 9.17) is 0 Å². The Kier molecular flexibility index (Phi) is 3.42. The number of halogens is 2. The summed E-state index contributed by atoms with van der Waals surface area (Å²) in [6.45, 7) is 1.49. The zero-order valence-electron chi connectivity index (χ0n) is 12.1. The van der Waals surface area contributed by atoms with Crippen molar-refractivity contribution in [3.05, 3.63) is 35.4 Å². The Hall–Kier alpha value is -1.98. The second-order valence-electron chi connectivity index (χ2n) is 6.36. The van der Waals surface area contributed by atoms with Gasteiger partial charge in [-0.15, -0.1) is 0 Å². The van der Waals surface area contributed by atoms with Crippen LogP contribution < -0.4 is 5.32 Å². The highest BCUT2D eigenvalue weighted by Crippen LogP contribution is 2.50. The third-order valence-corrected chi connectivity index (χ3v) is 4.72. The Morgan fingerprint density at radius 2 is 1.86 bits per heavy atom. The number of amides is 1. The first kappa shape index (κ1) is 14.9. The van der Waals surface area contributed by atoms with Crippen molar-refractivity contribution in [3.8, 4) is 0 Å². The average Bonchev–Trinajstić information content (AvgIpc) is 3.31. The summed E-state index contributed by atoms with van der Waals surface area (Å²) in [5.41, 5.74) is -1.37. The maximum absolute atomic E-state index is 13.7. The van der Waals surface area contributed by atoms with Crippen molar-refractivity contribution >= 4 is 11.9 Å². The highest BCUT2D eigenvalue weighted by molar-refractivity contribution is 5.90. The fraction of sp³-hybridized carbons (Fsp3) is 0.500. The zero-order chi connectivity index (χ0) is 16.1. The molecule has 0 bridgehead atoms. The topological polar surface area (TPSA) is 66.4 Å². The smallest absolute Gasteiger partial charge is 0.329 e. The number of aliphatic carboxylic acids is 1. The van der Waals surface area contributed by atoms with Crippen LogP contribution in [0.25, 0.3) is 0 Å².